The Hall–Kier alpha value is -1.75. The van der Waals surface area contributed by atoms with Gasteiger partial charge in [-0.15, -0.1) is 0 Å². The second-order valence-electron chi connectivity index (χ2n) is 5.52. The summed E-state index contributed by atoms with van der Waals surface area (Å²) in [5.41, 5.74) is 2.63. The summed E-state index contributed by atoms with van der Waals surface area (Å²) < 4.78 is 18.6. The molecule has 2 radical (unpaired) electrons. The summed E-state index contributed by atoms with van der Waals surface area (Å²) in [5.74, 6) is -0.388. The molecule has 0 N–H and O–H groups in total. The summed E-state index contributed by atoms with van der Waals surface area (Å²) >= 11 is 1.34. The number of carbonyl (C=O) groups is 1. The number of benzene rings is 2. The molecule has 2 nitrogen and oxygen atoms in total. The zero-order valence-corrected chi connectivity index (χ0v) is 13.3. The summed E-state index contributed by atoms with van der Waals surface area (Å²) in [7, 11) is 5.61. The van der Waals surface area contributed by atoms with Crippen molar-refractivity contribution in [1.82, 2.24) is 0 Å². The molecule has 1 aliphatic heterocycles. The lowest BCUT2D eigenvalue weighted by atomic mass is 9.97. The number of esters is 1. The number of halogens is 1. The Bertz CT molecular complexity index is 652. The van der Waals surface area contributed by atoms with Crippen LogP contribution in [0.3, 0.4) is 0 Å². The van der Waals surface area contributed by atoms with E-state index in [1.165, 1.54) is 11.8 Å². The summed E-state index contributed by atoms with van der Waals surface area (Å²) in [6, 6.07) is 17.2. The molecule has 0 spiro atoms. The van der Waals surface area contributed by atoms with E-state index in [0.717, 1.165) is 11.1 Å². The highest BCUT2D eigenvalue weighted by Crippen LogP contribution is 2.34. The molecular weight excluding hydrogens is 310 g/mol. The van der Waals surface area contributed by atoms with E-state index >= 15 is 0 Å². The summed E-state index contributed by atoms with van der Waals surface area (Å²) in [5, 5.41) is -0.573. The predicted octanol–water partition coefficient (Wildman–Crippen LogP) is 3.85. The molecule has 0 unspecified atom stereocenters. The minimum Gasteiger partial charge on any atom is -0.461 e. The van der Waals surface area contributed by atoms with Gasteiger partial charge in [-0.25, -0.2) is 9.18 Å². The number of hydrogen-bond donors (Lipinski definition) is 0. The van der Waals surface area contributed by atoms with Crippen LogP contribution >= 0.6 is 11.8 Å². The van der Waals surface area contributed by atoms with Crippen molar-refractivity contribution in [2.75, 3.05) is 6.61 Å². The maximum Gasteiger partial charge on any atom is 0.338 e. The third-order valence-corrected chi connectivity index (χ3v) is 5.15. The van der Waals surface area contributed by atoms with E-state index in [1.54, 1.807) is 12.1 Å². The van der Waals surface area contributed by atoms with Crippen LogP contribution in [0.25, 0.3) is 11.1 Å². The lowest BCUT2D eigenvalue weighted by Crippen LogP contribution is -2.15. The Balaban J connectivity index is 1.58. The highest BCUT2D eigenvalue weighted by molar-refractivity contribution is 8.01. The molecule has 1 fully saturated rings. The molecule has 2 aromatic rings. The van der Waals surface area contributed by atoms with Gasteiger partial charge in [0.15, 0.2) is 0 Å². The van der Waals surface area contributed by atoms with E-state index in [0.29, 0.717) is 12.0 Å². The fourth-order valence-electron chi connectivity index (χ4n) is 2.54. The summed E-state index contributed by atoms with van der Waals surface area (Å²) in [6.07, 6.45) is -0.680. The Morgan fingerprint density at radius 3 is 2.39 bits per heavy atom. The Kier molecular flexibility index (Phi) is 5.06. The molecule has 0 aromatic heterocycles. The highest BCUT2D eigenvalue weighted by Gasteiger charge is 2.32. The third kappa shape index (κ3) is 3.97. The monoisotopic (exact) mass is 326 g/mol. The zero-order valence-electron chi connectivity index (χ0n) is 12.5. The van der Waals surface area contributed by atoms with Crippen LogP contribution < -0.4 is 0 Å². The topological polar surface area (TPSA) is 26.3 Å². The van der Waals surface area contributed by atoms with Crippen molar-refractivity contribution in [3.8, 4) is 11.1 Å². The van der Waals surface area contributed by atoms with Gasteiger partial charge in [0.1, 0.15) is 12.8 Å². The molecule has 1 heterocycles. The number of thioether (sulfide) groups is 1. The minimum atomic E-state index is -1.02. The van der Waals surface area contributed by atoms with Crippen LogP contribution in [0.2, 0.25) is 0 Å². The summed E-state index contributed by atoms with van der Waals surface area (Å²) in [4.78, 5) is 12.1. The maximum atomic E-state index is 13.3. The van der Waals surface area contributed by atoms with Gasteiger partial charge in [-0.2, -0.15) is 11.8 Å². The summed E-state index contributed by atoms with van der Waals surface area (Å²) in [6.45, 7) is 0.193. The molecule has 116 valence electrons. The van der Waals surface area contributed by atoms with E-state index in [-0.39, 0.29) is 17.8 Å². The number of rotatable bonds is 4. The smallest absolute Gasteiger partial charge is 0.338 e. The van der Waals surface area contributed by atoms with Gasteiger partial charge in [0, 0.05) is 5.25 Å². The second-order valence-corrected chi connectivity index (χ2v) is 7.00. The number of alkyl halides is 1. The van der Waals surface area contributed by atoms with Crippen LogP contribution in [-0.4, -0.2) is 37.0 Å². The Labute approximate surface area is 140 Å². The SMILES string of the molecule is [B][C@H]1S[C@H](COC(=O)c2ccc(-c3ccccc3)cc2)C[C@@H]1F. The Morgan fingerprint density at radius 1 is 1.13 bits per heavy atom. The van der Waals surface area contributed by atoms with Gasteiger partial charge in [-0.1, -0.05) is 42.5 Å². The normalized spacial score (nSPS) is 23.6. The molecule has 1 aliphatic rings. The molecule has 3 atom stereocenters. The van der Waals surface area contributed by atoms with Crippen LogP contribution in [0, 0.1) is 0 Å². The molecule has 0 aliphatic carbocycles. The molecule has 2 aromatic carbocycles. The first-order valence-corrected chi connectivity index (χ1v) is 8.45. The maximum absolute atomic E-state index is 13.3. The Morgan fingerprint density at radius 2 is 1.78 bits per heavy atom. The van der Waals surface area contributed by atoms with Crippen LogP contribution in [0.15, 0.2) is 54.6 Å². The lowest BCUT2D eigenvalue weighted by Gasteiger charge is -2.10. The molecule has 0 bridgehead atoms. The number of carbonyl (C=O) groups excluding carboxylic acids is 1. The first kappa shape index (κ1) is 16.1. The fraction of sp³-hybridized carbons (Fsp3) is 0.278. The van der Waals surface area contributed by atoms with E-state index in [9.17, 15) is 9.18 Å². The fourth-order valence-corrected chi connectivity index (χ4v) is 3.70. The third-order valence-electron chi connectivity index (χ3n) is 3.82. The van der Waals surface area contributed by atoms with Gasteiger partial charge < -0.3 is 4.74 Å². The van der Waals surface area contributed by atoms with Crippen LogP contribution in [0.1, 0.15) is 16.8 Å². The van der Waals surface area contributed by atoms with Gasteiger partial charge in [0.2, 0.25) is 0 Å². The molecule has 5 heteroatoms. The molecule has 0 saturated carbocycles. The molecule has 3 rings (SSSR count). The number of hydrogen-bond acceptors (Lipinski definition) is 3. The minimum absolute atomic E-state index is 0.0625. The van der Waals surface area contributed by atoms with Crippen molar-refractivity contribution in [3.63, 3.8) is 0 Å². The first-order chi connectivity index (χ1) is 11.1. The second kappa shape index (κ2) is 7.22. The standard InChI is InChI=1S/C18H16BFO2S/c19-17-16(20)10-15(23-17)11-22-18(21)14-8-6-13(7-9-14)12-4-2-1-3-5-12/h1-9,15-17H,10-11H2/t15-,16-,17-/m0/s1. The molecule has 1 saturated heterocycles. The van der Waals surface area contributed by atoms with Gasteiger partial charge in [-0.3, -0.25) is 0 Å². The molecular formula is C18H16BFO2S. The van der Waals surface area contributed by atoms with Gasteiger partial charge in [0.05, 0.1) is 13.4 Å². The highest BCUT2D eigenvalue weighted by atomic mass is 32.2. The van der Waals surface area contributed by atoms with Gasteiger partial charge >= 0.3 is 5.97 Å². The van der Waals surface area contributed by atoms with Crippen molar-refractivity contribution in [2.45, 2.75) is 23.0 Å². The van der Waals surface area contributed by atoms with Crippen molar-refractivity contribution in [1.29, 1.82) is 0 Å². The molecule has 0 amide bonds. The first-order valence-electron chi connectivity index (χ1n) is 7.51. The zero-order chi connectivity index (χ0) is 16.2. The number of ether oxygens (including phenoxy) is 1. The van der Waals surface area contributed by atoms with Crippen molar-refractivity contribution in [3.05, 3.63) is 60.2 Å². The predicted molar refractivity (Wildman–Crippen MR) is 92.6 cm³/mol. The van der Waals surface area contributed by atoms with Gasteiger partial charge in [-0.05, 0) is 34.8 Å². The van der Waals surface area contributed by atoms with Crippen molar-refractivity contribution in [2.24, 2.45) is 0 Å². The van der Waals surface area contributed by atoms with E-state index < -0.39 is 11.3 Å². The largest absolute Gasteiger partial charge is 0.461 e. The molecule has 23 heavy (non-hydrogen) atoms. The van der Waals surface area contributed by atoms with Crippen LogP contribution in [0.4, 0.5) is 4.39 Å². The van der Waals surface area contributed by atoms with Crippen molar-refractivity contribution >= 4 is 25.6 Å². The lowest BCUT2D eigenvalue weighted by molar-refractivity contribution is 0.0501. The average Bonchev–Trinajstić information content (AvgIpc) is 2.92. The average molecular weight is 326 g/mol. The van der Waals surface area contributed by atoms with Crippen LogP contribution in [0.5, 0.6) is 0 Å². The van der Waals surface area contributed by atoms with E-state index in [2.05, 4.69) is 0 Å². The van der Waals surface area contributed by atoms with Crippen LogP contribution in [-0.2, 0) is 4.74 Å². The van der Waals surface area contributed by atoms with E-state index in [1.807, 2.05) is 42.5 Å². The quantitative estimate of drug-likeness (QED) is 0.631. The van der Waals surface area contributed by atoms with Gasteiger partial charge in [0.25, 0.3) is 0 Å². The van der Waals surface area contributed by atoms with Crippen molar-refractivity contribution < 1.29 is 13.9 Å². The van der Waals surface area contributed by atoms with E-state index in [4.69, 9.17) is 12.6 Å².